The van der Waals surface area contributed by atoms with Gasteiger partial charge in [-0.15, -0.1) is 0 Å². The molecule has 0 aliphatic carbocycles. The molecule has 0 bridgehead atoms. The lowest BCUT2D eigenvalue weighted by molar-refractivity contribution is 0.162. The quantitative estimate of drug-likeness (QED) is 0.770. The van der Waals surface area contributed by atoms with Crippen molar-refractivity contribution in [2.45, 2.75) is 32.4 Å². The number of benzene rings is 1. The van der Waals surface area contributed by atoms with E-state index in [1.807, 2.05) is 6.92 Å². The van der Waals surface area contributed by atoms with Crippen molar-refractivity contribution < 1.29 is 5.11 Å². The second-order valence-corrected chi connectivity index (χ2v) is 3.93. The molecule has 0 aromatic heterocycles. The Morgan fingerprint density at radius 2 is 2.21 bits per heavy atom. The molecule has 2 nitrogen and oxygen atoms in total. The topological polar surface area (TPSA) is 23.5 Å². The normalized spacial score (nSPS) is 22.2. The maximum atomic E-state index is 9.68. The van der Waals surface area contributed by atoms with Crippen LogP contribution in [0.25, 0.3) is 0 Å². The van der Waals surface area contributed by atoms with Gasteiger partial charge < -0.3 is 10.0 Å². The first-order valence-corrected chi connectivity index (χ1v) is 5.26. The number of rotatable bonds is 2. The predicted octanol–water partition coefficient (Wildman–Crippen LogP) is 1.82. The molecule has 2 rings (SSSR count). The molecular formula is C12H17NO. The maximum absolute atomic E-state index is 9.68. The van der Waals surface area contributed by atoms with Gasteiger partial charge in [0.05, 0.1) is 12.1 Å². The summed E-state index contributed by atoms with van der Waals surface area (Å²) in [5, 5.41) is 9.68. The van der Waals surface area contributed by atoms with Crippen molar-refractivity contribution in [1.82, 2.24) is 0 Å². The summed E-state index contributed by atoms with van der Waals surface area (Å²) in [6.45, 7) is 4.98. The van der Waals surface area contributed by atoms with Gasteiger partial charge in [-0.2, -0.15) is 0 Å². The van der Waals surface area contributed by atoms with Crippen LogP contribution in [0.1, 0.15) is 19.4 Å². The first-order chi connectivity index (χ1) is 6.74. The second kappa shape index (κ2) is 3.62. The molecule has 0 fully saturated rings. The van der Waals surface area contributed by atoms with Crippen LogP contribution >= 0.6 is 0 Å². The summed E-state index contributed by atoms with van der Waals surface area (Å²) in [7, 11) is 0. The Morgan fingerprint density at radius 1 is 1.50 bits per heavy atom. The van der Waals surface area contributed by atoms with Gasteiger partial charge in [0.2, 0.25) is 0 Å². The van der Waals surface area contributed by atoms with Gasteiger partial charge in [0.25, 0.3) is 0 Å². The van der Waals surface area contributed by atoms with Crippen LogP contribution in [-0.2, 0) is 6.42 Å². The Labute approximate surface area is 85.2 Å². The van der Waals surface area contributed by atoms with E-state index in [2.05, 4.69) is 36.1 Å². The second-order valence-electron chi connectivity index (χ2n) is 3.93. The highest BCUT2D eigenvalue weighted by Crippen LogP contribution is 2.32. The third-order valence-electron chi connectivity index (χ3n) is 3.03. The van der Waals surface area contributed by atoms with E-state index in [1.54, 1.807) is 0 Å². The van der Waals surface area contributed by atoms with Crippen molar-refractivity contribution in [3.63, 3.8) is 0 Å². The number of aliphatic hydroxyl groups is 1. The summed E-state index contributed by atoms with van der Waals surface area (Å²) in [5.74, 6) is 0. The van der Waals surface area contributed by atoms with Gasteiger partial charge in [0, 0.05) is 12.2 Å². The van der Waals surface area contributed by atoms with Gasteiger partial charge in [-0.3, -0.25) is 0 Å². The average Bonchev–Trinajstić information content (AvgIpc) is 2.56. The van der Waals surface area contributed by atoms with Crippen LogP contribution in [-0.4, -0.2) is 23.8 Å². The van der Waals surface area contributed by atoms with Gasteiger partial charge in [0.15, 0.2) is 0 Å². The highest BCUT2D eigenvalue weighted by molar-refractivity contribution is 5.59. The molecule has 1 N–H and O–H groups in total. The van der Waals surface area contributed by atoms with E-state index in [-0.39, 0.29) is 12.1 Å². The predicted molar refractivity (Wildman–Crippen MR) is 58.6 cm³/mol. The Balaban J connectivity index is 2.34. The molecule has 0 spiro atoms. The zero-order chi connectivity index (χ0) is 10.1. The van der Waals surface area contributed by atoms with Crippen molar-refractivity contribution in [2.24, 2.45) is 0 Å². The van der Waals surface area contributed by atoms with Crippen molar-refractivity contribution in [3.05, 3.63) is 29.8 Å². The number of aliphatic hydroxyl groups excluding tert-OH is 1. The van der Waals surface area contributed by atoms with Gasteiger partial charge in [0.1, 0.15) is 0 Å². The molecular weight excluding hydrogens is 174 g/mol. The molecule has 0 saturated heterocycles. The van der Waals surface area contributed by atoms with Crippen molar-refractivity contribution in [3.8, 4) is 0 Å². The van der Waals surface area contributed by atoms with Crippen LogP contribution in [0.2, 0.25) is 0 Å². The summed E-state index contributed by atoms with van der Waals surface area (Å²) in [6, 6.07) is 8.68. The smallest absolute Gasteiger partial charge is 0.0718 e. The zero-order valence-electron chi connectivity index (χ0n) is 8.77. The number of fused-ring (bicyclic) bond motifs is 1. The summed E-state index contributed by atoms with van der Waals surface area (Å²) in [5.41, 5.74) is 2.65. The van der Waals surface area contributed by atoms with Crippen LogP contribution < -0.4 is 4.90 Å². The fraction of sp³-hybridized carbons (Fsp3) is 0.500. The summed E-state index contributed by atoms with van der Waals surface area (Å²) < 4.78 is 0. The fourth-order valence-corrected chi connectivity index (χ4v) is 2.31. The van der Waals surface area contributed by atoms with Crippen LogP contribution in [0, 0.1) is 0 Å². The molecule has 1 aromatic carbocycles. The Morgan fingerprint density at radius 3 is 2.86 bits per heavy atom. The highest BCUT2D eigenvalue weighted by Gasteiger charge is 2.30. The summed E-state index contributed by atoms with van der Waals surface area (Å²) in [6.07, 6.45) is 0.712. The Bertz CT molecular complexity index is 322. The molecule has 0 amide bonds. The van der Waals surface area contributed by atoms with Gasteiger partial charge in [-0.1, -0.05) is 18.2 Å². The molecule has 76 valence electrons. The van der Waals surface area contributed by atoms with E-state index in [4.69, 9.17) is 0 Å². The van der Waals surface area contributed by atoms with Crippen molar-refractivity contribution in [2.75, 3.05) is 11.4 Å². The number of hydrogen-bond donors (Lipinski definition) is 1. The minimum absolute atomic E-state index is 0.261. The molecule has 14 heavy (non-hydrogen) atoms. The molecule has 2 atom stereocenters. The van der Waals surface area contributed by atoms with Gasteiger partial charge >= 0.3 is 0 Å². The minimum Gasteiger partial charge on any atom is -0.391 e. The van der Waals surface area contributed by atoms with Crippen LogP contribution in [0.15, 0.2) is 24.3 Å². The lowest BCUT2D eigenvalue weighted by Crippen LogP contribution is -2.39. The Hall–Kier alpha value is -1.02. The lowest BCUT2D eigenvalue weighted by Gasteiger charge is -2.28. The van der Waals surface area contributed by atoms with E-state index in [9.17, 15) is 5.11 Å². The molecule has 1 heterocycles. The van der Waals surface area contributed by atoms with E-state index in [0.29, 0.717) is 0 Å². The molecule has 0 radical (unpaired) electrons. The molecule has 2 unspecified atom stereocenters. The third-order valence-corrected chi connectivity index (χ3v) is 3.03. The zero-order valence-corrected chi connectivity index (χ0v) is 8.77. The first kappa shape index (κ1) is 9.53. The van der Waals surface area contributed by atoms with E-state index < -0.39 is 0 Å². The minimum atomic E-state index is -0.262. The van der Waals surface area contributed by atoms with E-state index in [1.165, 1.54) is 11.3 Å². The standard InChI is InChI=1S/C12H17NO/c1-3-13-11-7-5-4-6-10(11)8-12(13)9(2)14/h4-7,9,12,14H,3,8H2,1-2H3. The summed E-state index contributed by atoms with van der Waals surface area (Å²) in [4.78, 5) is 2.29. The van der Waals surface area contributed by atoms with E-state index in [0.717, 1.165) is 13.0 Å². The Kier molecular flexibility index (Phi) is 2.46. The molecule has 1 aromatic rings. The third kappa shape index (κ3) is 1.40. The number of nitrogens with zero attached hydrogens (tertiary/aromatic N) is 1. The molecule has 2 heteroatoms. The summed E-state index contributed by atoms with van der Waals surface area (Å²) >= 11 is 0. The first-order valence-electron chi connectivity index (χ1n) is 5.26. The van der Waals surface area contributed by atoms with Gasteiger partial charge in [-0.25, -0.2) is 0 Å². The van der Waals surface area contributed by atoms with Gasteiger partial charge in [-0.05, 0) is 31.9 Å². The van der Waals surface area contributed by atoms with Crippen LogP contribution in [0.4, 0.5) is 5.69 Å². The largest absolute Gasteiger partial charge is 0.391 e. The number of hydrogen-bond acceptors (Lipinski definition) is 2. The molecule has 1 aliphatic heterocycles. The number of anilines is 1. The van der Waals surface area contributed by atoms with E-state index >= 15 is 0 Å². The van der Waals surface area contributed by atoms with Crippen molar-refractivity contribution >= 4 is 5.69 Å². The maximum Gasteiger partial charge on any atom is 0.0718 e. The number of para-hydroxylation sites is 1. The monoisotopic (exact) mass is 191 g/mol. The number of likely N-dealkylation sites (N-methyl/N-ethyl adjacent to an activating group) is 1. The molecule has 1 aliphatic rings. The van der Waals surface area contributed by atoms with Crippen molar-refractivity contribution in [1.29, 1.82) is 0 Å². The highest BCUT2D eigenvalue weighted by atomic mass is 16.3. The lowest BCUT2D eigenvalue weighted by atomic mass is 10.1. The SMILES string of the molecule is CCN1c2ccccc2CC1C(C)O. The average molecular weight is 191 g/mol. The van der Waals surface area contributed by atoms with Crippen LogP contribution in [0.3, 0.4) is 0 Å². The molecule has 0 saturated carbocycles. The fourth-order valence-electron chi connectivity index (χ4n) is 2.31. The van der Waals surface area contributed by atoms with Crippen LogP contribution in [0.5, 0.6) is 0 Å².